The smallest absolute Gasteiger partial charge is 0.254 e. The van der Waals surface area contributed by atoms with Crippen LogP contribution < -0.4 is 10.9 Å². The average molecular weight is 438 g/mol. The van der Waals surface area contributed by atoms with Crippen LogP contribution in [0.4, 0.5) is 10.1 Å². The zero-order valence-corrected chi connectivity index (χ0v) is 17.8. The second kappa shape index (κ2) is 8.73. The Labute approximate surface area is 181 Å². The van der Waals surface area contributed by atoms with E-state index < -0.39 is 0 Å². The second-order valence-corrected chi connectivity index (χ2v) is 7.81. The molecule has 0 radical (unpaired) electrons. The molecule has 0 atom stereocenters. The normalized spacial score (nSPS) is 11.1. The molecule has 3 N–H and O–H groups in total. The summed E-state index contributed by atoms with van der Waals surface area (Å²) in [6.45, 7) is 1.77. The van der Waals surface area contributed by atoms with Crippen LogP contribution in [0.15, 0.2) is 52.4 Å². The van der Waals surface area contributed by atoms with Crippen molar-refractivity contribution in [2.24, 2.45) is 0 Å². The highest BCUT2D eigenvalue weighted by Gasteiger charge is 2.12. The molecular weight excluding hydrogens is 417 g/mol. The van der Waals surface area contributed by atoms with E-state index in [1.807, 2.05) is 6.26 Å². The van der Waals surface area contributed by atoms with Gasteiger partial charge in [0, 0.05) is 28.9 Å². The van der Waals surface area contributed by atoms with Crippen molar-refractivity contribution in [1.29, 1.82) is 0 Å². The number of aromatic amines is 2. The van der Waals surface area contributed by atoms with E-state index in [1.54, 1.807) is 37.3 Å². The Hall–Kier alpha value is -3.46. The number of anilines is 1. The maximum atomic E-state index is 13.5. The largest absolute Gasteiger partial charge is 0.338 e. The van der Waals surface area contributed by atoms with E-state index in [9.17, 15) is 14.0 Å². The average Bonchev–Trinajstić information content (AvgIpc) is 3.16. The fraction of sp³-hybridized carbons (Fsp3) is 0.182. The Morgan fingerprint density at radius 3 is 2.74 bits per heavy atom. The number of carbonyl (C=O) groups excluding carboxylic acids is 1. The van der Waals surface area contributed by atoms with Crippen LogP contribution in [0, 0.1) is 12.7 Å². The summed E-state index contributed by atoms with van der Waals surface area (Å²) in [6, 6.07) is 11.5. The molecule has 2 aromatic carbocycles. The van der Waals surface area contributed by atoms with E-state index in [2.05, 4.69) is 25.3 Å². The van der Waals surface area contributed by atoms with E-state index in [1.165, 1.54) is 23.9 Å². The second-order valence-electron chi connectivity index (χ2n) is 7.02. The molecular formula is C22H20FN5O2S. The summed E-state index contributed by atoms with van der Waals surface area (Å²) in [4.78, 5) is 39.3. The van der Waals surface area contributed by atoms with E-state index in [-0.39, 0.29) is 23.7 Å². The fourth-order valence-corrected chi connectivity index (χ4v) is 3.72. The number of imidazole rings is 1. The standard InChI is InChI=1S/C22H20FN5O2S/c1-12-16(21(30)28-22(24-12)31-2)7-9-19(29)25-15-6-8-17-18(11-15)27-20(26-17)13-4-3-5-14(23)10-13/h3-6,8,10-11H,7,9H2,1-2H3,(H,25,29)(H,26,27)(H,24,28,30). The third-order valence-corrected chi connectivity index (χ3v) is 5.44. The summed E-state index contributed by atoms with van der Waals surface area (Å²) in [7, 11) is 0. The number of halogens is 1. The van der Waals surface area contributed by atoms with Gasteiger partial charge in [-0.15, -0.1) is 0 Å². The summed E-state index contributed by atoms with van der Waals surface area (Å²) in [5, 5.41) is 3.40. The van der Waals surface area contributed by atoms with Gasteiger partial charge in [-0.3, -0.25) is 9.59 Å². The van der Waals surface area contributed by atoms with Crippen molar-refractivity contribution >= 4 is 34.4 Å². The summed E-state index contributed by atoms with van der Waals surface area (Å²) in [6.07, 6.45) is 2.28. The highest BCUT2D eigenvalue weighted by Crippen LogP contribution is 2.23. The lowest BCUT2D eigenvalue weighted by Crippen LogP contribution is -2.20. The molecule has 2 heterocycles. The van der Waals surface area contributed by atoms with Crippen molar-refractivity contribution < 1.29 is 9.18 Å². The number of H-pyrrole nitrogens is 2. The molecule has 0 aliphatic rings. The third kappa shape index (κ3) is 4.66. The van der Waals surface area contributed by atoms with E-state index >= 15 is 0 Å². The van der Waals surface area contributed by atoms with Crippen LogP contribution >= 0.6 is 11.8 Å². The van der Waals surface area contributed by atoms with Crippen molar-refractivity contribution in [3.8, 4) is 11.4 Å². The maximum absolute atomic E-state index is 13.5. The van der Waals surface area contributed by atoms with Crippen LogP contribution in [0.2, 0.25) is 0 Å². The van der Waals surface area contributed by atoms with E-state index in [0.29, 0.717) is 45.4 Å². The Bertz CT molecular complexity index is 1330. The quantitative estimate of drug-likeness (QED) is 0.312. The molecule has 0 spiro atoms. The molecule has 158 valence electrons. The monoisotopic (exact) mass is 437 g/mol. The zero-order chi connectivity index (χ0) is 22.0. The van der Waals surface area contributed by atoms with Gasteiger partial charge in [-0.05, 0) is 49.9 Å². The van der Waals surface area contributed by atoms with E-state index in [4.69, 9.17) is 0 Å². The highest BCUT2D eigenvalue weighted by atomic mass is 32.2. The van der Waals surface area contributed by atoms with Gasteiger partial charge in [0.1, 0.15) is 11.6 Å². The lowest BCUT2D eigenvalue weighted by atomic mass is 10.1. The Morgan fingerprint density at radius 2 is 2.00 bits per heavy atom. The highest BCUT2D eigenvalue weighted by molar-refractivity contribution is 7.98. The van der Waals surface area contributed by atoms with Crippen LogP contribution in [-0.4, -0.2) is 32.1 Å². The number of hydrogen-bond donors (Lipinski definition) is 3. The minimum absolute atomic E-state index is 0.153. The van der Waals surface area contributed by atoms with Gasteiger partial charge in [-0.1, -0.05) is 23.9 Å². The molecule has 0 bridgehead atoms. The number of nitrogens with zero attached hydrogens (tertiary/aromatic N) is 2. The van der Waals surface area contributed by atoms with Crippen LogP contribution in [0.25, 0.3) is 22.4 Å². The SMILES string of the molecule is CSc1nc(C)c(CCC(=O)Nc2ccc3nc(-c4cccc(F)c4)[nH]c3c2)c(=O)[nH]1. The molecule has 0 aliphatic carbocycles. The molecule has 7 nitrogen and oxygen atoms in total. The van der Waals surface area contributed by atoms with Crippen molar-refractivity contribution in [3.05, 3.63) is 69.9 Å². The predicted octanol–water partition coefficient (Wildman–Crippen LogP) is 4.05. The number of nitrogens with one attached hydrogen (secondary N) is 3. The van der Waals surface area contributed by atoms with Crippen molar-refractivity contribution in [2.45, 2.75) is 24.9 Å². The number of hydrogen-bond acceptors (Lipinski definition) is 5. The van der Waals surface area contributed by atoms with Gasteiger partial charge in [0.05, 0.1) is 11.0 Å². The van der Waals surface area contributed by atoms with Gasteiger partial charge in [0.25, 0.3) is 5.56 Å². The molecule has 31 heavy (non-hydrogen) atoms. The summed E-state index contributed by atoms with van der Waals surface area (Å²) >= 11 is 1.36. The zero-order valence-electron chi connectivity index (χ0n) is 17.0. The lowest BCUT2D eigenvalue weighted by molar-refractivity contribution is -0.116. The number of aryl methyl sites for hydroxylation is 1. The first-order valence-corrected chi connectivity index (χ1v) is 10.8. The summed E-state index contributed by atoms with van der Waals surface area (Å²) < 4.78 is 13.5. The molecule has 9 heteroatoms. The van der Waals surface area contributed by atoms with Gasteiger partial charge in [0.15, 0.2) is 5.16 Å². The molecule has 0 saturated carbocycles. The first-order chi connectivity index (χ1) is 14.9. The molecule has 4 rings (SSSR count). The Balaban J connectivity index is 1.46. The third-order valence-electron chi connectivity index (χ3n) is 4.86. The van der Waals surface area contributed by atoms with Gasteiger partial charge >= 0.3 is 0 Å². The Kier molecular flexibility index (Phi) is 5.85. The van der Waals surface area contributed by atoms with Gasteiger partial charge in [0.2, 0.25) is 5.91 Å². The number of thioether (sulfide) groups is 1. The summed E-state index contributed by atoms with van der Waals surface area (Å²) in [5.74, 6) is 0.00380. The van der Waals surface area contributed by atoms with Crippen LogP contribution in [-0.2, 0) is 11.2 Å². The van der Waals surface area contributed by atoms with Gasteiger partial charge < -0.3 is 15.3 Å². The molecule has 0 aliphatic heterocycles. The van der Waals surface area contributed by atoms with Gasteiger partial charge in [-0.2, -0.15) is 0 Å². The number of carbonyl (C=O) groups is 1. The van der Waals surface area contributed by atoms with Crippen LogP contribution in [0.1, 0.15) is 17.7 Å². The fourth-order valence-electron chi connectivity index (χ4n) is 3.30. The first-order valence-electron chi connectivity index (χ1n) is 9.62. The molecule has 2 aromatic heterocycles. The number of aromatic nitrogens is 4. The predicted molar refractivity (Wildman–Crippen MR) is 120 cm³/mol. The first kappa shape index (κ1) is 20.8. The van der Waals surface area contributed by atoms with E-state index in [0.717, 1.165) is 5.52 Å². The topological polar surface area (TPSA) is 104 Å². The number of benzene rings is 2. The number of rotatable bonds is 6. The molecule has 4 aromatic rings. The molecule has 0 unspecified atom stereocenters. The Morgan fingerprint density at radius 1 is 1.16 bits per heavy atom. The van der Waals surface area contributed by atoms with Crippen molar-refractivity contribution in [2.75, 3.05) is 11.6 Å². The summed E-state index contributed by atoms with van der Waals surface area (Å²) in [5.41, 5.74) is 3.60. The molecule has 0 fully saturated rings. The molecule has 1 amide bonds. The minimum Gasteiger partial charge on any atom is -0.338 e. The number of fused-ring (bicyclic) bond motifs is 1. The van der Waals surface area contributed by atoms with Crippen molar-refractivity contribution in [3.63, 3.8) is 0 Å². The molecule has 0 saturated heterocycles. The van der Waals surface area contributed by atoms with Gasteiger partial charge in [-0.25, -0.2) is 14.4 Å². The lowest BCUT2D eigenvalue weighted by Gasteiger charge is -2.07. The van der Waals surface area contributed by atoms with Crippen molar-refractivity contribution in [1.82, 2.24) is 19.9 Å². The van der Waals surface area contributed by atoms with Crippen LogP contribution in [0.3, 0.4) is 0 Å². The number of amides is 1. The minimum atomic E-state index is -0.335. The van der Waals surface area contributed by atoms with Crippen LogP contribution in [0.5, 0.6) is 0 Å². The maximum Gasteiger partial charge on any atom is 0.254 e.